The third kappa shape index (κ3) is 2.92. The number of nitrogens with zero attached hydrogens (tertiary/aromatic N) is 1. The summed E-state index contributed by atoms with van der Waals surface area (Å²) < 4.78 is 39.5. The van der Waals surface area contributed by atoms with E-state index in [0.717, 1.165) is 24.3 Å². The second-order valence-corrected chi connectivity index (χ2v) is 5.62. The molecule has 0 spiro atoms. The number of aromatic hydroxyl groups is 1. The number of phenols is 1. The summed E-state index contributed by atoms with van der Waals surface area (Å²) in [7, 11) is -4.41. The minimum Gasteiger partial charge on any atom is -0.505 e. The van der Waals surface area contributed by atoms with Gasteiger partial charge in [-0.3, -0.25) is 14.8 Å². The second-order valence-electron chi connectivity index (χ2n) is 3.96. The third-order valence-electron chi connectivity index (χ3n) is 2.58. The van der Waals surface area contributed by atoms with Gasteiger partial charge < -0.3 is 5.11 Å². The zero-order valence-corrected chi connectivity index (χ0v) is 11.2. The van der Waals surface area contributed by atoms with Gasteiger partial charge in [-0.1, -0.05) is 18.2 Å². The lowest BCUT2D eigenvalue weighted by molar-refractivity contribution is -0.383. The Kier molecular flexibility index (Phi) is 3.76. The maximum absolute atomic E-state index is 13.5. The average Bonchev–Trinajstić information content (AvgIpc) is 2.41. The van der Waals surface area contributed by atoms with E-state index in [1.54, 1.807) is 0 Å². The topological polar surface area (TPSA) is 110 Å². The summed E-state index contributed by atoms with van der Waals surface area (Å²) in [5.74, 6) is -1.65. The van der Waals surface area contributed by atoms with Crippen molar-refractivity contribution in [2.24, 2.45) is 0 Å². The van der Waals surface area contributed by atoms with Gasteiger partial charge in [-0.25, -0.2) is 12.8 Å². The van der Waals surface area contributed by atoms with Crippen molar-refractivity contribution in [2.45, 2.75) is 4.90 Å². The minimum absolute atomic E-state index is 0.620. The van der Waals surface area contributed by atoms with Crippen LogP contribution in [0.15, 0.2) is 47.4 Å². The van der Waals surface area contributed by atoms with Gasteiger partial charge in [0.05, 0.1) is 4.92 Å². The summed E-state index contributed by atoms with van der Waals surface area (Å²) in [5.41, 5.74) is -1.26. The van der Waals surface area contributed by atoms with Crippen molar-refractivity contribution in [3.63, 3.8) is 0 Å². The summed E-state index contributed by atoms with van der Waals surface area (Å²) in [4.78, 5) is 9.31. The smallest absolute Gasteiger partial charge is 0.297 e. The number of nitro groups is 1. The van der Waals surface area contributed by atoms with Gasteiger partial charge in [0.25, 0.3) is 15.7 Å². The number of nitro benzene ring substituents is 1. The molecule has 0 aliphatic carbocycles. The van der Waals surface area contributed by atoms with Crippen LogP contribution in [0.2, 0.25) is 0 Å². The maximum Gasteiger partial charge on any atom is 0.297 e. The van der Waals surface area contributed by atoms with Crippen molar-refractivity contribution in [3.05, 3.63) is 58.4 Å². The number of para-hydroxylation sites is 1. The van der Waals surface area contributed by atoms with Crippen molar-refractivity contribution >= 4 is 21.4 Å². The molecule has 0 fully saturated rings. The van der Waals surface area contributed by atoms with Crippen LogP contribution in [-0.4, -0.2) is 18.4 Å². The number of benzene rings is 2. The largest absolute Gasteiger partial charge is 0.505 e. The van der Waals surface area contributed by atoms with Crippen molar-refractivity contribution in [1.29, 1.82) is 0 Å². The summed E-state index contributed by atoms with van der Waals surface area (Å²) in [5, 5.41) is 20.4. The molecule has 2 aromatic rings. The lowest BCUT2D eigenvalue weighted by Crippen LogP contribution is -2.15. The highest BCUT2D eigenvalue weighted by atomic mass is 32.2. The Morgan fingerprint density at radius 3 is 2.43 bits per heavy atom. The van der Waals surface area contributed by atoms with E-state index in [2.05, 4.69) is 0 Å². The molecule has 0 amide bonds. The van der Waals surface area contributed by atoms with Crippen LogP contribution in [0.5, 0.6) is 5.75 Å². The lowest BCUT2D eigenvalue weighted by atomic mass is 10.2. The van der Waals surface area contributed by atoms with Gasteiger partial charge in [0.15, 0.2) is 5.69 Å². The predicted octanol–water partition coefficient (Wildman–Crippen LogP) is 2.24. The van der Waals surface area contributed by atoms with Crippen LogP contribution in [0, 0.1) is 15.9 Å². The Labute approximate surface area is 118 Å². The Morgan fingerprint density at radius 2 is 1.81 bits per heavy atom. The molecular weight excluding hydrogens is 303 g/mol. The molecular formula is C12H9FN2O5S. The van der Waals surface area contributed by atoms with Gasteiger partial charge in [-0.15, -0.1) is 0 Å². The Balaban J connectivity index is 2.52. The third-order valence-corrected chi connectivity index (χ3v) is 3.96. The Hall–Kier alpha value is -2.68. The van der Waals surface area contributed by atoms with Gasteiger partial charge in [-0.2, -0.15) is 0 Å². The van der Waals surface area contributed by atoms with Crippen molar-refractivity contribution in [1.82, 2.24) is 0 Å². The molecule has 0 aromatic heterocycles. The number of anilines is 1. The monoisotopic (exact) mass is 312 g/mol. The average molecular weight is 312 g/mol. The molecule has 2 rings (SSSR count). The molecule has 0 aliphatic heterocycles. The van der Waals surface area contributed by atoms with E-state index in [-0.39, 0.29) is 0 Å². The first-order chi connectivity index (χ1) is 9.83. The van der Waals surface area contributed by atoms with E-state index in [9.17, 15) is 28.0 Å². The minimum atomic E-state index is -4.41. The highest BCUT2D eigenvalue weighted by Crippen LogP contribution is 2.35. The highest BCUT2D eigenvalue weighted by Gasteiger charge is 2.25. The summed E-state index contributed by atoms with van der Waals surface area (Å²) in [6.45, 7) is 0. The quantitative estimate of drug-likeness (QED) is 0.511. The molecule has 2 aromatic carbocycles. The van der Waals surface area contributed by atoms with Crippen LogP contribution in [0.3, 0.4) is 0 Å². The van der Waals surface area contributed by atoms with Crippen LogP contribution in [0.1, 0.15) is 0 Å². The molecule has 110 valence electrons. The molecule has 0 heterocycles. The molecule has 2 N–H and O–H groups in total. The zero-order valence-electron chi connectivity index (χ0n) is 10.4. The van der Waals surface area contributed by atoms with Crippen molar-refractivity contribution in [3.8, 4) is 5.75 Å². The maximum atomic E-state index is 13.5. The van der Waals surface area contributed by atoms with Gasteiger partial charge in [0.2, 0.25) is 0 Å². The van der Waals surface area contributed by atoms with Crippen LogP contribution in [-0.2, 0) is 10.0 Å². The first-order valence-electron chi connectivity index (χ1n) is 5.56. The highest BCUT2D eigenvalue weighted by molar-refractivity contribution is 7.92. The molecule has 0 radical (unpaired) electrons. The molecule has 0 saturated heterocycles. The number of hydrogen-bond acceptors (Lipinski definition) is 5. The number of hydrogen-bond donors (Lipinski definition) is 2. The Bertz CT molecular complexity index is 807. The second kappa shape index (κ2) is 5.37. The Morgan fingerprint density at radius 1 is 1.14 bits per heavy atom. The molecule has 0 saturated carbocycles. The fraction of sp³-hybridized carbons (Fsp3) is 0. The van der Waals surface area contributed by atoms with E-state index in [0.29, 0.717) is 0 Å². The number of halogens is 1. The van der Waals surface area contributed by atoms with E-state index in [4.69, 9.17) is 0 Å². The van der Waals surface area contributed by atoms with Crippen LogP contribution >= 0.6 is 0 Å². The number of rotatable bonds is 4. The van der Waals surface area contributed by atoms with E-state index >= 15 is 0 Å². The van der Waals surface area contributed by atoms with Crippen molar-refractivity contribution in [2.75, 3.05) is 4.72 Å². The summed E-state index contributed by atoms with van der Waals surface area (Å²) in [6.07, 6.45) is 0. The van der Waals surface area contributed by atoms with Gasteiger partial charge in [0.1, 0.15) is 16.5 Å². The normalized spacial score (nSPS) is 11.1. The summed E-state index contributed by atoms with van der Waals surface area (Å²) >= 11 is 0. The number of phenolic OH excluding ortho intramolecular Hbond substituents is 1. The van der Waals surface area contributed by atoms with Crippen molar-refractivity contribution < 1.29 is 22.8 Å². The molecule has 7 nitrogen and oxygen atoms in total. The standard InChI is InChI=1S/C12H9FN2O5S/c13-8-4-1-2-7-11(8)21(19,20)14-12-9(15(17)18)5-3-6-10(12)16/h1-7,14,16H. The molecule has 9 heteroatoms. The van der Waals surface area contributed by atoms with E-state index in [1.165, 1.54) is 18.2 Å². The number of sulfonamides is 1. The molecule has 0 aliphatic rings. The molecule has 0 unspecified atom stereocenters. The van der Waals surface area contributed by atoms with E-state index < -0.39 is 42.8 Å². The van der Waals surface area contributed by atoms with Crippen LogP contribution in [0.25, 0.3) is 0 Å². The first-order valence-corrected chi connectivity index (χ1v) is 7.05. The van der Waals surface area contributed by atoms with Gasteiger partial charge >= 0.3 is 0 Å². The molecule has 21 heavy (non-hydrogen) atoms. The van der Waals surface area contributed by atoms with Crippen LogP contribution < -0.4 is 4.72 Å². The fourth-order valence-corrected chi connectivity index (χ4v) is 2.81. The van der Waals surface area contributed by atoms with Crippen LogP contribution in [0.4, 0.5) is 15.8 Å². The SMILES string of the molecule is O=[N+]([O-])c1cccc(O)c1NS(=O)(=O)c1ccccc1F. The lowest BCUT2D eigenvalue weighted by Gasteiger charge is -2.10. The first kappa shape index (κ1) is 14.7. The molecule has 0 atom stereocenters. The van der Waals surface area contributed by atoms with E-state index in [1.807, 2.05) is 4.72 Å². The number of nitrogens with one attached hydrogen (secondary N) is 1. The van der Waals surface area contributed by atoms with Gasteiger partial charge in [-0.05, 0) is 18.2 Å². The molecule has 0 bridgehead atoms. The van der Waals surface area contributed by atoms with Gasteiger partial charge in [0, 0.05) is 6.07 Å². The summed E-state index contributed by atoms with van der Waals surface area (Å²) in [6, 6.07) is 7.82. The predicted molar refractivity (Wildman–Crippen MR) is 72.0 cm³/mol. The zero-order chi connectivity index (χ0) is 15.6. The fourth-order valence-electron chi connectivity index (χ4n) is 1.64.